The van der Waals surface area contributed by atoms with Crippen molar-refractivity contribution in [2.45, 2.75) is 13.3 Å². The van der Waals surface area contributed by atoms with Gasteiger partial charge in [-0.25, -0.2) is 4.98 Å². The molecule has 3 rings (SSSR count). The van der Waals surface area contributed by atoms with Crippen LogP contribution in [0.1, 0.15) is 23.6 Å². The average molecular weight is 415 g/mol. The molecule has 7 nitrogen and oxygen atoms in total. The predicted molar refractivity (Wildman–Crippen MR) is 121 cm³/mol. The van der Waals surface area contributed by atoms with Crippen LogP contribution in [0.25, 0.3) is 5.57 Å². The maximum atomic E-state index is 12.4. The Kier molecular flexibility index (Phi) is 6.83. The number of nitrogens with zero attached hydrogens (tertiary/aromatic N) is 4. The second-order valence-electron chi connectivity index (χ2n) is 7.34. The molecule has 0 unspecified atom stereocenters. The molecule has 1 N–H and O–H groups in total. The summed E-state index contributed by atoms with van der Waals surface area (Å²) in [7, 11) is 0. The van der Waals surface area contributed by atoms with Crippen molar-refractivity contribution in [3.8, 4) is 6.07 Å². The fraction of sp³-hybridized carbons (Fsp3) is 0.250. The third kappa shape index (κ3) is 5.37. The second-order valence-corrected chi connectivity index (χ2v) is 7.34. The lowest BCUT2D eigenvalue weighted by atomic mass is 9.98. The molecule has 1 aromatic heterocycles. The number of carbonyl (C=O) groups excluding carboxylic acids is 2. The molecule has 1 aliphatic heterocycles. The zero-order valence-corrected chi connectivity index (χ0v) is 17.6. The summed E-state index contributed by atoms with van der Waals surface area (Å²) in [5, 5.41) is 12.2. The van der Waals surface area contributed by atoms with Gasteiger partial charge in [0.1, 0.15) is 5.82 Å². The summed E-state index contributed by atoms with van der Waals surface area (Å²) in [6, 6.07) is 11.1. The molecule has 1 aliphatic rings. The van der Waals surface area contributed by atoms with Crippen LogP contribution in [0.3, 0.4) is 0 Å². The van der Waals surface area contributed by atoms with Crippen LogP contribution in [0.4, 0.5) is 11.5 Å². The molecular weight excluding hydrogens is 390 g/mol. The van der Waals surface area contributed by atoms with Gasteiger partial charge < -0.3 is 15.1 Å². The average Bonchev–Trinajstić information content (AvgIpc) is 2.79. The van der Waals surface area contributed by atoms with Crippen molar-refractivity contribution >= 4 is 28.9 Å². The first-order chi connectivity index (χ1) is 14.9. The third-order valence-corrected chi connectivity index (χ3v) is 5.27. The Balaban J connectivity index is 1.59. The number of nitrogens with one attached hydrogen (secondary N) is 1. The van der Waals surface area contributed by atoms with Crippen molar-refractivity contribution in [1.29, 1.82) is 5.26 Å². The highest BCUT2D eigenvalue weighted by molar-refractivity contribution is 5.91. The van der Waals surface area contributed by atoms with Crippen LogP contribution in [-0.4, -0.2) is 47.9 Å². The van der Waals surface area contributed by atoms with Gasteiger partial charge in [0, 0.05) is 33.1 Å². The standard InChI is InChI=1S/C24H25N5O2/c1-4-17(2)22-7-5-19(13-20(22)15-25)14-24(31)27-23-8-6-21(16-26-23)29-11-9-28(10-12-29)18(3)30/h4-8,13,16H,1-2,9-12,14H2,3H3,(H,26,27,31). The normalized spacial score (nSPS) is 13.3. The van der Waals surface area contributed by atoms with Crippen molar-refractivity contribution in [2.24, 2.45) is 0 Å². The topological polar surface area (TPSA) is 89.3 Å². The van der Waals surface area contributed by atoms with E-state index in [4.69, 9.17) is 0 Å². The molecule has 0 radical (unpaired) electrons. The predicted octanol–water partition coefficient (Wildman–Crippen LogP) is 3.00. The Labute approximate surface area is 182 Å². The van der Waals surface area contributed by atoms with E-state index in [9.17, 15) is 14.9 Å². The molecule has 1 saturated heterocycles. The number of carbonyl (C=O) groups is 2. The van der Waals surface area contributed by atoms with E-state index in [0.29, 0.717) is 35.6 Å². The molecule has 1 aromatic carbocycles. The molecule has 1 fully saturated rings. The molecule has 7 heteroatoms. The smallest absolute Gasteiger partial charge is 0.229 e. The first-order valence-corrected chi connectivity index (χ1v) is 10.0. The zero-order valence-electron chi connectivity index (χ0n) is 17.6. The number of rotatable bonds is 6. The van der Waals surface area contributed by atoms with Gasteiger partial charge in [-0.05, 0) is 34.9 Å². The van der Waals surface area contributed by atoms with Gasteiger partial charge in [-0.3, -0.25) is 9.59 Å². The van der Waals surface area contributed by atoms with Crippen LogP contribution >= 0.6 is 0 Å². The Bertz CT molecular complexity index is 1040. The van der Waals surface area contributed by atoms with E-state index in [1.807, 2.05) is 17.0 Å². The van der Waals surface area contributed by atoms with Gasteiger partial charge >= 0.3 is 0 Å². The van der Waals surface area contributed by atoms with Gasteiger partial charge in [-0.15, -0.1) is 0 Å². The number of hydrogen-bond acceptors (Lipinski definition) is 5. The fourth-order valence-corrected chi connectivity index (χ4v) is 3.48. The molecule has 31 heavy (non-hydrogen) atoms. The molecule has 0 atom stereocenters. The minimum absolute atomic E-state index is 0.0954. The summed E-state index contributed by atoms with van der Waals surface area (Å²) in [6.45, 7) is 12.0. The quantitative estimate of drug-likeness (QED) is 0.733. The summed E-state index contributed by atoms with van der Waals surface area (Å²) in [6.07, 6.45) is 3.45. The molecule has 2 heterocycles. The Morgan fingerprint density at radius 1 is 1.23 bits per heavy atom. The molecule has 0 aliphatic carbocycles. The maximum Gasteiger partial charge on any atom is 0.229 e. The number of pyridine rings is 1. The van der Waals surface area contributed by atoms with Crippen LogP contribution < -0.4 is 10.2 Å². The number of allylic oxidation sites excluding steroid dienone is 2. The maximum absolute atomic E-state index is 12.4. The van der Waals surface area contributed by atoms with Crippen LogP contribution in [0.15, 0.2) is 55.8 Å². The highest BCUT2D eigenvalue weighted by Gasteiger charge is 2.19. The number of aromatic nitrogens is 1. The second kappa shape index (κ2) is 9.72. The Hall–Kier alpha value is -3.92. The van der Waals surface area contributed by atoms with E-state index in [1.54, 1.807) is 37.4 Å². The monoisotopic (exact) mass is 415 g/mol. The summed E-state index contributed by atoms with van der Waals surface area (Å²) in [5.41, 5.74) is 3.53. The lowest BCUT2D eigenvalue weighted by Crippen LogP contribution is -2.48. The Morgan fingerprint density at radius 3 is 2.55 bits per heavy atom. The lowest BCUT2D eigenvalue weighted by molar-refractivity contribution is -0.129. The summed E-state index contributed by atoms with van der Waals surface area (Å²) >= 11 is 0. The van der Waals surface area contributed by atoms with Gasteiger partial charge in [0.15, 0.2) is 0 Å². The lowest BCUT2D eigenvalue weighted by Gasteiger charge is -2.35. The minimum atomic E-state index is -0.213. The number of nitriles is 1. The molecule has 0 spiro atoms. The largest absolute Gasteiger partial charge is 0.367 e. The van der Waals surface area contributed by atoms with E-state index >= 15 is 0 Å². The summed E-state index contributed by atoms with van der Waals surface area (Å²) in [4.78, 5) is 32.2. The van der Waals surface area contributed by atoms with Crippen LogP contribution in [0.2, 0.25) is 0 Å². The number of benzene rings is 1. The van der Waals surface area contributed by atoms with E-state index in [1.165, 1.54) is 0 Å². The molecule has 158 valence electrons. The van der Waals surface area contributed by atoms with Gasteiger partial charge in [0.05, 0.1) is 29.9 Å². The summed E-state index contributed by atoms with van der Waals surface area (Å²) < 4.78 is 0. The number of anilines is 2. The highest BCUT2D eigenvalue weighted by Crippen LogP contribution is 2.21. The van der Waals surface area contributed by atoms with Crippen molar-refractivity contribution in [1.82, 2.24) is 9.88 Å². The molecule has 0 saturated carbocycles. The SMILES string of the molecule is C=CC(=C)c1ccc(CC(=O)Nc2ccc(N3CCN(C(C)=O)CC3)cn2)cc1C#N. The third-order valence-electron chi connectivity index (χ3n) is 5.27. The molecule has 2 amide bonds. The van der Waals surface area contributed by atoms with Crippen molar-refractivity contribution < 1.29 is 9.59 Å². The van der Waals surface area contributed by atoms with Gasteiger partial charge in [0.25, 0.3) is 0 Å². The molecule has 2 aromatic rings. The van der Waals surface area contributed by atoms with Crippen LogP contribution in [0, 0.1) is 11.3 Å². The first kappa shape index (κ1) is 21.8. The van der Waals surface area contributed by atoms with Crippen molar-refractivity contribution in [3.63, 3.8) is 0 Å². The number of amides is 2. The van der Waals surface area contributed by atoms with Crippen molar-refractivity contribution in [2.75, 3.05) is 36.4 Å². The minimum Gasteiger partial charge on any atom is -0.367 e. The molecule has 0 bridgehead atoms. The van der Waals surface area contributed by atoms with E-state index in [0.717, 1.165) is 24.3 Å². The van der Waals surface area contributed by atoms with Crippen LogP contribution in [0.5, 0.6) is 0 Å². The van der Waals surface area contributed by atoms with Gasteiger partial charge in [-0.2, -0.15) is 5.26 Å². The molecular formula is C24H25N5O2. The van der Waals surface area contributed by atoms with E-state index < -0.39 is 0 Å². The van der Waals surface area contributed by atoms with E-state index in [2.05, 4.69) is 34.4 Å². The number of hydrogen-bond donors (Lipinski definition) is 1. The van der Waals surface area contributed by atoms with Crippen molar-refractivity contribution in [3.05, 3.63) is 72.5 Å². The summed E-state index contributed by atoms with van der Waals surface area (Å²) in [5.74, 6) is 0.348. The fourth-order valence-electron chi connectivity index (χ4n) is 3.48. The van der Waals surface area contributed by atoms with Gasteiger partial charge in [-0.1, -0.05) is 31.4 Å². The van der Waals surface area contributed by atoms with Gasteiger partial charge in [0.2, 0.25) is 11.8 Å². The Morgan fingerprint density at radius 2 is 1.97 bits per heavy atom. The number of piperazine rings is 1. The zero-order chi connectivity index (χ0) is 22.4. The first-order valence-electron chi connectivity index (χ1n) is 10.0. The highest BCUT2D eigenvalue weighted by atomic mass is 16.2. The van der Waals surface area contributed by atoms with E-state index in [-0.39, 0.29) is 18.2 Å². The van der Waals surface area contributed by atoms with Crippen LogP contribution in [-0.2, 0) is 16.0 Å².